The summed E-state index contributed by atoms with van der Waals surface area (Å²) in [6.45, 7) is 2.72. The van der Waals surface area contributed by atoms with Crippen LogP contribution in [0.3, 0.4) is 0 Å². The largest absolute Gasteiger partial charge is 0.376 e. The van der Waals surface area contributed by atoms with Crippen LogP contribution < -0.4 is 5.32 Å². The summed E-state index contributed by atoms with van der Waals surface area (Å²) in [6.07, 6.45) is 12.9. The van der Waals surface area contributed by atoms with Crippen LogP contribution in [0.25, 0.3) is 0 Å². The SMILES string of the molecule is C#CCN(C[C@H]1CCCO1)C(=O)NCc1cccc(COC2CCCC2)c1. The van der Waals surface area contributed by atoms with Crippen molar-refractivity contribution in [2.75, 3.05) is 19.7 Å². The fraction of sp³-hybridized carbons (Fsp3) is 0.591. The van der Waals surface area contributed by atoms with Crippen LogP contribution in [0, 0.1) is 12.3 Å². The monoisotopic (exact) mass is 370 g/mol. The normalized spacial score (nSPS) is 19.7. The van der Waals surface area contributed by atoms with E-state index in [1.54, 1.807) is 4.90 Å². The second-order valence-corrected chi connectivity index (χ2v) is 7.42. The number of carbonyl (C=O) groups excluding carboxylic acids is 1. The lowest BCUT2D eigenvalue weighted by Gasteiger charge is -2.23. The zero-order chi connectivity index (χ0) is 18.9. The van der Waals surface area contributed by atoms with Gasteiger partial charge in [0.1, 0.15) is 0 Å². The van der Waals surface area contributed by atoms with Crippen LogP contribution in [-0.2, 0) is 22.6 Å². The zero-order valence-corrected chi connectivity index (χ0v) is 16.0. The predicted molar refractivity (Wildman–Crippen MR) is 105 cm³/mol. The van der Waals surface area contributed by atoms with Gasteiger partial charge in [-0.15, -0.1) is 6.42 Å². The first-order valence-corrected chi connectivity index (χ1v) is 10.0. The molecule has 1 aliphatic carbocycles. The average Bonchev–Trinajstić information content (AvgIpc) is 3.38. The van der Waals surface area contributed by atoms with Crippen molar-refractivity contribution in [1.82, 2.24) is 10.2 Å². The molecule has 1 aromatic rings. The van der Waals surface area contributed by atoms with Gasteiger partial charge in [-0.1, -0.05) is 43.0 Å². The molecule has 5 heteroatoms. The summed E-state index contributed by atoms with van der Waals surface area (Å²) in [4.78, 5) is 14.2. The molecule has 1 aromatic carbocycles. The summed E-state index contributed by atoms with van der Waals surface area (Å²) in [6, 6.07) is 8.06. The molecule has 5 nitrogen and oxygen atoms in total. The van der Waals surface area contributed by atoms with Crippen molar-refractivity contribution in [3.05, 3.63) is 35.4 Å². The van der Waals surface area contributed by atoms with Gasteiger partial charge in [-0.2, -0.15) is 0 Å². The Hall–Kier alpha value is -2.03. The number of ether oxygens (including phenoxy) is 2. The molecular formula is C22H30N2O3. The second-order valence-electron chi connectivity index (χ2n) is 7.42. The summed E-state index contributed by atoms with van der Waals surface area (Å²) >= 11 is 0. The number of carbonyl (C=O) groups is 1. The molecule has 0 spiro atoms. The Labute approximate surface area is 162 Å². The van der Waals surface area contributed by atoms with Crippen molar-refractivity contribution in [3.8, 4) is 12.3 Å². The molecule has 27 heavy (non-hydrogen) atoms. The lowest BCUT2D eigenvalue weighted by Crippen LogP contribution is -2.43. The fourth-order valence-electron chi connectivity index (χ4n) is 3.75. The van der Waals surface area contributed by atoms with E-state index in [1.165, 1.54) is 25.7 Å². The summed E-state index contributed by atoms with van der Waals surface area (Å²) in [5, 5.41) is 2.98. The van der Waals surface area contributed by atoms with Crippen LogP contribution in [0.5, 0.6) is 0 Å². The zero-order valence-electron chi connectivity index (χ0n) is 16.0. The van der Waals surface area contributed by atoms with Crippen LogP contribution in [0.1, 0.15) is 49.7 Å². The average molecular weight is 370 g/mol. The number of hydrogen-bond donors (Lipinski definition) is 1. The van der Waals surface area contributed by atoms with E-state index in [1.807, 2.05) is 12.1 Å². The molecule has 3 rings (SSSR count). The van der Waals surface area contributed by atoms with Crippen molar-refractivity contribution >= 4 is 6.03 Å². The molecule has 1 N–H and O–H groups in total. The number of amides is 2. The van der Waals surface area contributed by atoms with E-state index in [9.17, 15) is 4.79 Å². The van der Waals surface area contributed by atoms with E-state index < -0.39 is 0 Å². The minimum atomic E-state index is -0.143. The topological polar surface area (TPSA) is 50.8 Å². The van der Waals surface area contributed by atoms with E-state index in [-0.39, 0.29) is 12.1 Å². The van der Waals surface area contributed by atoms with Crippen molar-refractivity contribution in [1.29, 1.82) is 0 Å². The Bertz CT molecular complexity index is 643. The summed E-state index contributed by atoms with van der Waals surface area (Å²) in [5.41, 5.74) is 2.21. The van der Waals surface area contributed by atoms with Crippen LogP contribution in [0.2, 0.25) is 0 Å². The number of urea groups is 1. The second kappa shape index (κ2) is 10.3. The van der Waals surface area contributed by atoms with Crippen LogP contribution >= 0.6 is 0 Å². The van der Waals surface area contributed by atoms with E-state index in [4.69, 9.17) is 15.9 Å². The van der Waals surface area contributed by atoms with Gasteiger partial charge in [-0.3, -0.25) is 0 Å². The summed E-state index contributed by atoms with van der Waals surface area (Å²) in [5.74, 6) is 2.57. The molecule has 0 aromatic heterocycles. The molecule has 1 aliphatic heterocycles. The molecule has 1 saturated heterocycles. The van der Waals surface area contributed by atoms with Gasteiger partial charge in [0.2, 0.25) is 0 Å². The molecular weight excluding hydrogens is 340 g/mol. The number of benzene rings is 1. The van der Waals surface area contributed by atoms with E-state index in [0.29, 0.717) is 32.3 Å². The Balaban J connectivity index is 1.47. The van der Waals surface area contributed by atoms with E-state index in [0.717, 1.165) is 30.6 Å². The molecule has 2 fully saturated rings. The number of nitrogens with zero attached hydrogens (tertiary/aromatic N) is 1. The third-order valence-corrected chi connectivity index (χ3v) is 5.24. The molecule has 0 unspecified atom stereocenters. The first-order chi connectivity index (χ1) is 13.2. The third-order valence-electron chi connectivity index (χ3n) is 5.24. The van der Waals surface area contributed by atoms with Crippen molar-refractivity contribution < 1.29 is 14.3 Å². The Morgan fingerprint density at radius 1 is 1.26 bits per heavy atom. The first kappa shape index (κ1) is 19.7. The number of rotatable bonds is 8. The third kappa shape index (κ3) is 6.27. The highest BCUT2D eigenvalue weighted by atomic mass is 16.5. The standard InChI is InChI=1S/C22H30N2O3/c1-2-12-24(16-21-11-6-13-26-21)22(25)23-15-18-7-5-8-19(14-18)17-27-20-9-3-4-10-20/h1,5,7-8,14,20-21H,3-4,6,9-13,15-17H2,(H,23,25)/t21-/m1/s1. The molecule has 1 heterocycles. The molecule has 0 bridgehead atoms. The number of terminal acetylenes is 1. The lowest BCUT2D eigenvalue weighted by molar-refractivity contribution is 0.0456. The highest BCUT2D eigenvalue weighted by molar-refractivity contribution is 5.74. The highest BCUT2D eigenvalue weighted by Gasteiger charge is 2.22. The molecule has 1 atom stereocenters. The minimum Gasteiger partial charge on any atom is -0.376 e. The van der Waals surface area contributed by atoms with E-state index in [2.05, 4.69) is 23.4 Å². The molecule has 2 amide bonds. The van der Waals surface area contributed by atoms with Gasteiger partial charge in [0.15, 0.2) is 0 Å². The first-order valence-electron chi connectivity index (χ1n) is 10.0. The van der Waals surface area contributed by atoms with Gasteiger partial charge >= 0.3 is 6.03 Å². The number of hydrogen-bond acceptors (Lipinski definition) is 3. The van der Waals surface area contributed by atoms with Gasteiger partial charge in [-0.25, -0.2) is 4.79 Å². The maximum absolute atomic E-state index is 12.5. The highest BCUT2D eigenvalue weighted by Crippen LogP contribution is 2.22. The quantitative estimate of drug-likeness (QED) is 0.713. The Morgan fingerprint density at radius 3 is 2.81 bits per heavy atom. The van der Waals surface area contributed by atoms with Crippen LogP contribution in [0.4, 0.5) is 4.79 Å². The Kier molecular flexibility index (Phi) is 7.55. The summed E-state index contributed by atoms with van der Waals surface area (Å²) < 4.78 is 11.6. The number of nitrogens with one attached hydrogen (secondary N) is 1. The summed E-state index contributed by atoms with van der Waals surface area (Å²) in [7, 11) is 0. The smallest absolute Gasteiger partial charge is 0.318 e. The molecule has 1 saturated carbocycles. The van der Waals surface area contributed by atoms with Gasteiger partial charge in [-0.05, 0) is 36.8 Å². The maximum Gasteiger partial charge on any atom is 0.318 e. The van der Waals surface area contributed by atoms with Crippen molar-refractivity contribution in [2.24, 2.45) is 0 Å². The van der Waals surface area contributed by atoms with Crippen molar-refractivity contribution in [2.45, 2.75) is 63.9 Å². The predicted octanol–water partition coefficient (Wildman–Crippen LogP) is 3.47. The minimum absolute atomic E-state index is 0.0974. The maximum atomic E-state index is 12.5. The lowest BCUT2D eigenvalue weighted by atomic mass is 10.1. The molecule has 2 aliphatic rings. The molecule has 146 valence electrons. The van der Waals surface area contributed by atoms with Crippen LogP contribution in [0.15, 0.2) is 24.3 Å². The van der Waals surface area contributed by atoms with Crippen LogP contribution in [-0.4, -0.2) is 42.8 Å². The van der Waals surface area contributed by atoms with E-state index >= 15 is 0 Å². The molecule has 0 radical (unpaired) electrons. The van der Waals surface area contributed by atoms with Gasteiger partial charge < -0.3 is 19.7 Å². The van der Waals surface area contributed by atoms with Gasteiger partial charge in [0.25, 0.3) is 0 Å². The van der Waals surface area contributed by atoms with Gasteiger partial charge in [0, 0.05) is 19.7 Å². The fourth-order valence-corrected chi connectivity index (χ4v) is 3.75. The van der Waals surface area contributed by atoms with Gasteiger partial charge in [0.05, 0.1) is 25.4 Å². The Morgan fingerprint density at radius 2 is 2.07 bits per heavy atom. The van der Waals surface area contributed by atoms with Crippen molar-refractivity contribution in [3.63, 3.8) is 0 Å².